The van der Waals surface area contributed by atoms with Crippen LogP contribution in [0.4, 0.5) is 14.5 Å². The minimum absolute atomic E-state index is 0.0146. The SMILES string of the molecule is CNCCOc1cc2nccc(Oc3c(F)cc(NC(O)c4cnccc4OC[C@H](C)O)cc3F)c2cc1OC. The molecular formula is C28H30F2N4O6. The van der Waals surface area contributed by atoms with E-state index in [-0.39, 0.29) is 29.4 Å². The smallest absolute Gasteiger partial charge is 0.198 e. The van der Waals surface area contributed by atoms with Crippen LogP contribution in [0.3, 0.4) is 0 Å². The Hall–Kier alpha value is -4.26. The number of methoxy groups -OCH3 is 1. The number of anilines is 1. The van der Waals surface area contributed by atoms with Gasteiger partial charge in [-0.3, -0.25) is 9.97 Å². The van der Waals surface area contributed by atoms with Crippen molar-refractivity contribution < 1.29 is 37.9 Å². The lowest BCUT2D eigenvalue weighted by Crippen LogP contribution is -2.16. The van der Waals surface area contributed by atoms with E-state index in [0.717, 1.165) is 12.1 Å². The van der Waals surface area contributed by atoms with Crippen molar-refractivity contribution in [2.75, 3.05) is 39.2 Å². The number of hydrogen-bond acceptors (Lipinski definition) is 10. The van der Waals surface area contributed by atoms with Crippen molar-refractivity contribution in [2.24, 2.45) is 0 Å². The molecule has 12 heteroatoms. The molecular weight excluding hydrogens is 526 g/mol. The predicted molar refractivity (Wildman–Crippen MR) is 144 cm³/mol. The molecule has 0 amide bonds. The molecule has 212 valence electrons. The highest BCUT2D eigenvalue weighted by Crippen LogP contribution is 2.39. The second-order valence-corrected chi connectivity index (χ2v) is 8.77. The van der Waals surface area contributed by atoms with E-state index in [0.29, 0.717) is 35.6 Å². The second-order valence-electron chi connectivity index (χ2n) is 8.77. The number of nitrogens with zero attached hydrogens (tertiary/aromatic N) is 2. The van der Waals surface area contributed by atoms with Crippen LogP contribution < -0.4 is 29.6 Å². The summed E-state index contributed by atoms with van der Waals surface area (Å²) in [6.07, 6.45) is 2.10. The Bertz CT molecular complexity index is 1430. The largest absolute Gasteiger partial charge is 0.493 e. The lowest BCUT2D eigenvalue weighted by molar-refractivity contribution is 0.119. The highest BCUT2D eigenvalue weighted by Gasteiger charge is 2.20. The van der Waals surface area contributed by atoms with Crippen LogP contribution in [0.15, 0.2) is 55.0 Å². The van der Waals surface area contributed by atoms with Crippen LogP contribution in [0.25, 0.3) is 10.9 Å². The topological polar surface area (TPSA) is 127 Å². The molecule has 0 spiro atoms. The molecule has 0 aliphatic heterocycles. The molecule has 4 rings (SSSR count). The fourth-order valence-corrected chi connectivity index (χ4v) is 3.78. The molecule has 10 nitrogen and oxygen atoms in total. The zero-order chi connectivity index (χ0) is 28.6. The number of aliphatic hydroxyl groups excluding tert-OH is 2. The first-order valence-electron chi connectivity index (χ1n) is 12.4. The number of halogens is 2. The van der Waals surface area contributed by atoms with Crippen molar-refractivity contribution in [3.63, 3.8) is 0 Å². The van der Waals surface area contributed by atoms with Gasteiger partial charge in [-0.05, 0) is 32.2 Å². The lowest BCUT2D eigenvalue weighted by Gasteiger charge is -2.19. The first-order valence-corrected chi connectivity index (χ1v) is 12.4. The quantitative estimate of drug-likeness (QED) is 0.141. The highest BCUT2D eigenvalue weighted by molar-refractivity contribution is 5.88. The normalized spacial score (nSPS) is 12.6. The Morgan fingerprint density at radius 3 is 2.40 bits per heavy atom. The molecule has 0 saturated heterocycles. The van der Waals surface area contributed by atoms with E-state index in [1.807, 2.05) is 7.05 Å². The van der Waals surface area contributed by atoms with Crippen molar-refractivity contribution in [3.8, 4) is 28.7 Å². The fourth-order valence-electron chi connectivity index (χ4n) is 3.78. The van der Waals surface area contributed by atoms with Crippen LogP contribution in [0.1, 0.15) is 18.7 Å². The molecule has 0 saturated carbocycles. The Morgan fingerprint density at radius 1 is 0.950 bits per heavy atom. The number of aromatic nitrogens is 2. The lowest BCUT2D eigenvalue weighted by atomic mass is 10.1. The summed E-state index contributed by atoms with van der Waals surface area (Å²) < 4.78 is 52.5. The first kappa shape index (κ1) is 28.7. The molecule has 2 heterocycles. The van der Waals surface area contributed by atoms with E-state index >= 15 is 8.78 Å². The van der Waals surface area contributed by atoms with Gasteiger partial charge in [0.1, 0.15) is 24.7 Å². The zero-order valence-corrected chi connectivity index (χ0v) is 22.1. The number of nitrogens with one attached hydrogen (secondary N) is 2. The minimum Gasteiger partial charge on any atom is -0.493 e. The summed E-state index contributed by atoms with van der Waals surface area (Å²) in [5, 5.41) is 26.2. The minimum atomic E-state index is -1.41. The molecule has 4 N–H and O–H groups in total. The van der Waals surface area contributed by atoms with E-state index in [1.165, 1.54) is 37.8 Å². The van der Waals surface area contributed by atoms with Gasteiger partial charge >= 0.3 is 0 Å². The summed E-state index contributed by atoms with van der Waals surface area (Å²) in [6, 6.07) is 8.26. The fraction of sp³-hybridized carbons (Fsp3) is 0.286. The Morgan fingerprint density at radius 2 is 1.70 bits per heavy atom. The highest BCUT2D eigenvalue weighted by atomic mass is 19.1. The van der Waals surface area contributed by atoms with E-state index in [9.17, 15) is 10.2 Å². The maximum atomic E-state index is 15.1. The number of fused-ring (bicyclic) bond motifs is 1. The van der Waals surface area contributed by atoms with Gasteiger partial charge in [-0.15, -0.1) is 0 Å². The monoisotopic (exact) mass is 556 g/mol. The van der Waals surface area contributed by atoms with E-state index < -0.39 is 29.7 Å². The molecule has 2 atom stereocenters. The van der Waals surface area contributed by atoms with E-state index in [4.69, 9.17) is 18.9 Å². The Kier molecular flexibility index (Phi) is 9.48. The van der Waals surface area contributed by atoms with Crippen molar-refractivity contribution >= 4 is 16.6 Å². The number of hydrogen-bond donors (Lipinski definition) is 4. The number of aliphatic hydroxyl groups is 2. The van der Waals surface area contributed by atoms with Crippen LogP contribution in [-0.4, -0.2) is 60.2 Å². The maximum Gasteiger partial charge on any atom is 0.198 e. The summed E-state index contributed by atoms with van der Waals surface area (Å²) in [6.45, 7) is 2.56. The van der Waals surface area contributed by atoms with Gasteiger partial charge in [-0.2, -0.15) is 0 Å². The molecule has 2 aromatic heterocycles. The van der Waals surface area contributed by atoms with Gasteiger partial charge < -0.3 is 39.8 Å². The summed E-state index contributed by atoms with van der Waals surface area (Å²) in [5.74, 6) is -1.36. The summed E-state index contributed by atoms with van der Waals surface area (Å²) >= 11 is 0. The Labute approximate surface area is 229 Å². The van der Waals surface area contributed by atoms with Crippen LogP contribution >= 0.6 is 0 Å². The third-order valence-corrected chi connectivity index (χ3v) is 5.70. The van der Waals surface area contributed by atoms with Crippen LogP contribution in [0.5, 0.6) is 28.7 Å². The molecule has 4 aromatic rings. The van der Waals surface area contributed by atoms with Gasteiger partial charge in [0.2, 0.25) is 0 Å². The molecule has 0 bridgehead atoms. The van der Waals surface area contributed by atoms with Gasteiger partial charge in [-0.1, -0.05) is 0 Å². The molecule has 0 aliphatic carbocycles. The molecule has 40 heavy (non-hydrogen) atoms. The summed E-state index contributed by atoms with van der Waals surface area (Å²) in [7, 11) is 3.29. The van der Waals surface area contributed by atoms with Crippen LogP contribution in [0.2, 0.25) is 0 Å². The van der Waals surface area contributed by atoms with E-state index in [1.54, 1.807) is 19.1 Å². The van der Waals surface area contributed by atoms with Gasteiger partial charge in [0, 0.05) is 54.4 Å². The van der Waals surface area contributed by atoms with Gasteiger partial charge in [0.15, 0.2) is 35.1 Å². The van der Waals surface area contributed by atoms with Crippen LogP contribution in [0, 0.1) is 11.6 Å². The van der Waals surface area contributed by atoms with Crippen molar-refractivity contribution in [1.29, 1.82) is 0 Å². The third-order valence-electron chi connectivity index (χ3n) is 5.70. The predicted octanol–water partition coefficient (Wildman–Crippen LogP) is 4.17. The molecule has 0 aliphatic rings. The standard InChI is InChI=1S/C28H30F2N4O6/c1-16(35)15-39-23-4-6-32-14-19(23)28(36)34-17-10-20(29)27(21(30)11-17)40-24-5-7-33-22-13-26(38-9-8-31-2)25(37-3)12-18(22)24/h4-7,10-14,16,28,31,34-36H,8-9,15H2,1-3H3/t16-,28?/m0/s1. The van der Waals surface area contributed by atoms with Crippen molar-refractivity contribution in [1.82, 2.24) is 15.3 Å². The number of benzene rings is 2. The first-order chi connectivity index (χ1) is 19.3. The third kappa shape index (κ3) is 6.84. The van der Waals surface area contributed by atoms with Gasteiger partial charge in [0.25, 0.3) is 0 Å². The molecule has 0 radical (unpaired) electrons. The molecule has 1 unspecified atom stereocenters. The summed E-state index contributed by atoms with van der Waals surface area (Å²) in [5.41, 5.74) is 0.644. The molecule has 2 aromatic carbocycles. The average Bonchev–Trinajstić information content (AvgIpc) is 2.93. The van der Waals surface area contributed by atoms with Crippen molar-refractivity contribution in [2.45, 2.75) is 19.3 Å². The van der Waals surface area contributed by atoms with E-state index in [2.05, 4.69) is 20.6 Å². The molecule has 0 fully saturated rings. The van der Waals surface area contributed by atoms with Gasteiger partial charge in [0.05, 0.1) is 24.3 Å². The number of ether oxygens (including phenoxy) is 4. The maximum absolute atomic E-state index is 15.1. The number of rotatable bonds is 13. The second kappa shape index (κ2) is 13.2. The van der Waals surface area contributed by atoms with Crippen molar-refractivity contribution in [3.05, 3.63) is 72.2 Å². The van der Waals surface area contributed by atoms with Gasteiger partial charge in [-0.25, -0.2) is 8.78 Å². The number of pyridine rings is 2. The summed E-state index contributed by atoms with van der Waals surface area (Å²) in [4.78, 5) is 8.27. The Balaban J connectivity index is 1.57. The average molecular weight is 557 g/mol. The van der Waals surface area contributed by atoms with Crippen LogP contribution in [-0.2, 0) is 0 Å². The zero-order valence-electron chi connectivity index (χ0n) is 22.1. The number of likely N-dealkylation sites (N-methyl/N-ethyl adjacent to an activating group) is 1.